The molecule has 2 aliphatic rings. The summed E-state index contributed by atoms with van der Waals surface area (Å²) in [4.78, 5) is 32.6. The number of halogens is 1. The van der Waals surface area contributed by atoms with E-state index in [1.807, 2.05) is 0 Å². The lowest BCUT2D eigenvalue weighted by Gasteiger charge is -2.30. The average Bonchev–Trinajstić information content (AvgIpc) is 3.08. The number of fused-ring (bicyclic) bond motifs is 1. The van der Waals surface area contributed by atoms with E-state index in [-0.39, 0.29) is 17.6 Å². The maximum atomic E-state index is 13.0. The monoisotopic (exact) mass is 417 g/mol. The quantitative estimate of drug-likeness (QED) is 0.811. The summed E-state index contributed by atoms with van der Waals surface area (Å²) < 4.78 is 6.02. The first-order valence-electron chi connectivity index (χ1n) is 8.28. The molecular formula is C18H16BrN3O4. The second kappa shape index (κ2) is 6.60. The Labute approximate surface area is 158 Å². The van der Waals surface area contributed by atoms with E-state index in [0.717, 1.165) is 6.42 Å². The lowest BCUT2D eigenvalue weighted by Crippen LogP contribution is -2.38. The van der Waals surface area contributed by atoms with Crippen LogP contribution in [0.2, 0.25) is 0 Å². The first-order valence-corrected chi connectivity index (χ1v) is 9.07. The van der Waals surface area contributed by atoms with Crippen LogP contribution in [0.5, 0.6) is 11.6 Å². The molecule has 7 nitrogen and oxygen atoms in total. The third-order valence-electron chi connectivity index (χ3n) is 4.49. The van der Waals surface area contributed by atoms with Crippen LogP contribution in [0.3, 0.4) is 0 Å². The number of hydrogen-bond donors (Lipinski definition) is 1. The molecule has 2 amide bonds. The third kappa shape index (κ3) is 2.90. The lowest BCUT2D eigenvalue weighted by molar-refractivity contribution is -0.117. The maximum Gasteiger partial charge on any atom is 0.258 e. The van der Waals surface area contributed by atoms with E-state index >= 15 is 0 Å². The Bertz CT molecular complexity index is 902. The SMILES string of the molecule is O=C1CCCN1c1cnc2c(c1)N(C(=O)c1ccc(O)c(Br)c1)CCO2. The van der Waals surface area contributed by atoms with Gasteiger partial charge in [0.15, 0.2) is 0 Å². The van der Waals surface area contributed by atoms with Crippen molar-refractivity contribution in [2.45, 2.75) is 12.8 Å². The average molecular weight is 418 g/mol. The van der Waals surface area contributed by atoms with Crippen molar-refractivity contribution < 1.29 is 19.4 Å². The summed E-state index contributed by atoms with van der Waals surface area (Å²) in [6.07, 6.45) is 2.95. The summed E-state index contributed by atoms with van der Waals surface area (Å²) in [5.41, 5.74) is 1.65. The van der Waals surface area contributed by atoms with Crippen LogP contribution in [-0.4, -0.2) is 41.6 Å². The Morgan fingerprint density at radius 2 is 2.12 bits per heavy atom. The molecule has 0 radical (unpaired) electrons. The number of nitrogens with zero attached hydrogens (tertiary/aromatic N) is 3. The van der Waals surface area contributed by atoms with Gasteiger partial charge in [-0.05, 0) is 46.6 Å². The van der Waals surface area contributed by atoms with E-state index in [4.69, 9.17) is 4.74 Å². The van der Waals surface area contributed by atoms with Crippen LogP contribution >= 0.6 is 15.9 Å². The van der Waals surface area contributed by atoms with E-state index in [1.165, 1.54) is 6.07 Å². The standard InChI is InChI=1S/C18H16BrN3O4/c19-13-8-11(3-4-15(13)23)18(25)22-6-7-26-17-14(22)9-12(10-20-17)21-5-1-2-16(21)24/h3-4,8-10,23H,1-2,5-7H2. The zero-order valence-corrected chi connectivity index (χ0v) is 15.4. The summed E-state index contributed by atoms with van der Waals surface area (Å²) in [5, 5.41) is 9.64. The van der Waals surface area contributed by atoms with Gasteiger partial charge in [-0.2, -0.15) is 0 Å². The van der Waals surface area contributed by atoms with Crippen LogP contribution in [0.25, 0.3) is 0 Å². The minimum atomic E-state index is -0.220. The molecular weight excluding hydrogens is 402 g/mol. The summed E-state index contributed by atoms with van der Waals surface area (Å²) >= 11 is 3.23. The summed E-state index contributed by atoms with van der Waals surface area (Å²) in [6, 6.07) is 6.39. The van der Waals surface area contributed by atoms with Crippen molar-refractivity contribution in [2.24, 2.45) is 0 Å². The molecule has 1 fully saturated rings. The zero-order valence-electron chi connectivity index (χ0n) is 13.8. The van der Waals surface area contributed by atoms with Crippen LogP contribution in [0.1, 0.15) is 23.2 Å². The highest BCUT2D eigenvalue weighted by atomic mass is 79.9. The van der Waals surface area contributed by atoms with Gasteiger partial charge in [0.2, 0.25) is 11.8 Å². The van der Waals surface area contributed by atoms with Gasteiger partial charge in [-0.1, -0.05) is 0 Å². The second-order valence-electron chi connectivity index (χ2n) is 6.14. The number of benzene rings is 1. The van der Waals surface area contributed by atoms with E-state index in [2.05, 4.69) is 20.9 Å². The fraction of sp³-hybridized carbons (Fsp3) is 0.278. The highest BCUT2D eigenvalue weighted by molar-refractivity contribution is 9.10. The highest BCUT2D eigenvalue weighted by Crippen LogP contribution is 2.35. The number of phenolic OH excluding ortho intramolecular Hbond substituents is 1. The molecule has 0 aliphatic carbocycles. The molecule has 2 aromatic rings. The van der Waals surface area contributed by atoms with Crippen LogP contribution in [0.15, 0.2) is 34.9 Å². The number of anilines is 2. The zero-order chi connectivity index (χ0) is 18.3. The molecule has 26 heavy (non-hydrogen) atoms. The van der Waals surface area contributed by atoms with E-state index in [9.17, 15) is 14.7 Å². The smallest absolute Gasteiger partial charge is 0.258 e. The fourth-order valence-corrected chi connectivity index (χ4v) is 3.54. The molecule has 134 valence electrons. The largest absolute Gasteiger partial charge is 0.507 e. The van der Waals surface area contributed by atoms with Gasteiger partial charge in [0.25, 0.3) is 5.91 Å². The van der Waals surface area contributed by atoms with Gasteiger partial charge in [-0.25, -0.2) is 4.98 Å². The van der Waals surface area contributed by atoms with Crippen LogP contribution in [0, 0.1) is 0 Å². The molecule has 0 spiro atoms. The van der Waals surface area contributed by atoms with Crippen LogP contribution < -0.4 is 14.5 Å². The number of amides is 2. The Morgan fingerprint density at radius 3 is 2.85 bits per heavy atom. The molecule has 0 unspecified atom stereocenters. The van der Waals surface area contributed by atoms with Gasteiger partial charge in [0, 0.05) is 18.5 Å². The van der Waals surface area contributed by atoms with Crippen molar-refractivity contribution in [1.29, 1.82) is 0 Å². The number of carbonyl (C=O) groups is 2. The highest BCUT2D eigenvalue weighted by Gasteiger charge is 2.29. The first-order chi connectivity index (χ1) is 12.5. The van der Waals surface area contributed by atoms with E-state index < -0.39 is 0 Å². The van der Waals surface area contributed by atoms with Crippen LogP contribution in [-0.2, 0) is 4.79 Å². The van der Waals surface area contributed by atoms with Crippen molar-refractivity contribution in [3.05, 3.63) is 40.5 Å². The van der Waals surface area contributed by atoms with Crippen LogP contribution in [0.4, 0.5) is 11.4 Å². The van der Waals surface area contributed by atoms with Gasteiger partial charge in [0.05, 0.1) is 22.9 Å². The van der Waals surface area contributed by atoms with Crippen molar-refractivity contribution in [3.63, 3.8) is 0 Å². The normalized spacial score (nSPS) is 16.4. The van der Waals surface area contributed by atoms with Gasteiger partial charge in [-0.3, -0.25) is 9.59 Å². The van der Waals surface area contributed by atoms with Gasteiger partial charge >= 0.3 is 0 Å². The summed E-state index contributed by atoms with van der Waals surface area (Å²) in [7, 11) is 0. The molecule has 0 saturated carbocycles. The molecule has 1 aromatic heterocycles. The van der Waals surface area contributed by atoms with Crippen molar-refractivity contribution >= 4 is 39.1 Å². The second-order valence-corrected chi connectivity index (χ2v) is 6.99. The number of aromatic hydroxyl groups is 1. The van der Waals surface area contributed by atoms with Crippen molar-refractivity contribution in [1.82, 2.24) is 4.98 Å². The molecule has 1 N–H and O–H groups in total. The lowest BCUT2D eigenvalue weighted by atomic mass is 10.1. The number of carbonyl (C=O) groups excluding carboxylic acids is 2. The molecule has 1 saturated heterocycles. The Morgan fingerprint density at radius 1 is 1.27 bits per heavy atom. The van der Waals surface area contributed by atoms with Crippen molar-refractivity contribution in [2.75, 3.05) is 29.5 Å². The number of hydrogen-bond acceptors (Lipinski definition) is 5. The van der Waals surface area contributed by atoms with Crippen molar-refractivity contribution in [3.8, 4) is 11.6 Å². The molecule has 2 aliphatic heterocycles. The Balaban J connectivity index is 1.70. The van der Waals surface area contributed by atoms with Gasteiger partial charge < -0.3 is 19.6 Å². The van der Waals surface area contributed by atoms with E-state index in [1.54, 1.807) is 34.2 Å². The number of ether oxygens (including phenoxy) is 1. The number of rotatable bonds is 2. The predicted octanol–water partition coefficient (Wildman–Crippen LogP) is 2.72. The minimum absolute atomic E-state index is 0.0591. The topological polar surface area (TPSA) is 83.0 Å². The molecule has 0 bridgehead atoms. The predicted molar refractivity (Wildman–Crippen MR) is 98.8 cm³/mol. The third-order valence-corrected chi connectivity index (χ3v) is 5.12. The molecule has 4 rings (SSSR count). The summed E-state index contributed by atoms with van der Waals surface area (Å²) in [5.74, 6) is 0.282. The van der Waals surface area contributed by atoms with Gasteiger partial charge in [0.1, 0.15) is 18.0 Å². The van der Waals surface area contributed by atoms with E-state index in [0.29, 0.717) is 53.4 Å². The molecule has 1 aromatic carbocycles. The molecule has 8 heteroatoms. The first kappa shape index (κ1) is 16.8. The molecule has 0 atom stereocenters. The van der Waals surface area contributed by atoms with Gasteiger partial charge in [-0.15, -0.1) is 0 Å². The molecule has 3 heterocycles. The Hall–Kier alpha value is -2.61. The Kier molecular flexibility index (Phi) is 4.28. The number of phenols is 1. The number of aromatic nitrogens is 1. The number of pyridine rings is 1. The minimum Gasteiger partial charge on any atom is -0.507 e. The fourth-order valence-electron chi connectivity index (χ4n) is 3.16. The maximum absolute atomic E-state index is 13.0. The summed E-state index contributed by atoms with van der Waals surface area (Å²) in [6.45, 7) is 1.37.